The number of hydrogen-bond donors (Lipinski definition) is 1. The van der Waals surface area contributed by atoms with Gasteiger partial charge in [-0.1, -0.05) is 26.3 Å². The molecule has 2 atom stereocenters. The van der Waals surface area contributed by atoms with E-state index >= 15 is 0 Å². The Bertz CT molecular complexity index is 330. The van der Waals surface area contributed by atoms with E-state index in [-0.39, 0.29) is 0 Å². The molecule has 0 radical (unpaired) electrons. The van der Waals surface area contributed by atoms with Crippen molar-refractivity contribution in [1.29, 1.82) is 0 Å². The highest BCUT2D eigenvalue weighted by Crippen LogP contribution is 2.39. The Morgan fingerprint density at radius 3 is 3.00 bits per heavy atom. The maximum Gasteiger partial charge on any atom is 0.00429 e. The van der Waals surface area contributed by atoms with Gasteiger partial charge in [0.2, 0.25) is 0 Å². The van der Waals surface area contributed by atoms with E-state index in [1.807, 2.05) is 0 Å². The van der Waals surface area contributed by atoms with Gasteiger partial charge in [0.15, 0.2) is 0 Å². The topological polar surface area (TPSA) is 0 Å². The van der Waals surface area contributed by atoms with Gasteiger partial charge in [-0.2, -0.15) is 0 Å². The molecule has 0 aliphatic heterocycles. The summed E-state index contributed by atoms with van der Waals surface area (Å²) in [6.07, 6.45) is 3.87. The molecule has 0 bridgehead atoms. The zero-order valence-electron chi connectivity index (χ0n) is 8.96. The monoisotopic (exact) mass is 206 g/mol. The van der Waals surface area contributed by atoms with E-state index < -0.39 is 0 Å². The van der Waals surface area contributed by atoms with Crippen LogP contribution in [0, 0.1) is 5.92 Å². The summed E-state index contributed by atoms with van der Waals surface area (Å²) >= 11 is 4.39. The maximum atomic E-state index is 4.39. The van der Waals surface area contributed by atoms with Crippen molar-refractivity contribution >= 4 is 12.6 Å². The highest BCUT2D eigenvalue weighted by molar-refractivity contribution is 7.80. The molecule has 1 aromatic carbocycles. The third-order valence-corrected chi connectivity index (χ3v) is 3.86. The van der Waals surface area contributed by atoms with Gasteiger partial charge < -0.3 is 0 Å². The number of rotatable bonds is 2. The van der Waals surface area contributed by atoms with Crippen LogP contribution < -0.4 is 0 Å². The second-order valence-electron chi connectivity index (χ2n) is 4.41. The van der Waals surface area contributed by atoms with E-state index in [9.17, 15) is 0 Å². The number of aryl methyl sites for hydroxylation is 1. The Morgan fingerprint density at radius 1 is 1.50 bits per heavy atom. The molecule has 0 nitrogen and oxygen atoms in total. The predicted octanol–water partition coefficient (Wildman–Crippen LogP) is 4.05. The molecule has 0 saturated carbocycles. The predicted molar refractivity (Wildman–Crippen MR) is 64.2 cm³/mol. The molecule has 0 spiro atoms. The van der Waals surface area contributed by atoms with Gasteiger partial charge in [-0.25, -0.2) is 0 Å². The zero-order chi connectivity index (χ0) is 10.1. The molecule has 0 fully saturated rings. The molecule has 0 heterocycles. The molecule has 76 valence electrons. The minimum atomic E-state index is 0.795. The molecular formula is C13H18S. The van der Waals surface area contributed by atoms with Gasteiger partial charge >= 0.3 is 0 Å². The third kappa shape index (κ3) is 1.70. The molecule has 1 aliphatic rings. The molecular weight excluding hydrogens is 188 g/mol. The fourth-order valence-corrected chi connectivity index (χ4v) is 2.74. The Kier molecular flexibility index (Phi) is 2.87. The summed E-state index contributed by atoms with van der Waals surface area (Å²) in [5.41, 5.74) is 3.11. The molecule has 1 aliphatic carbocycles. The number of hydrogen-bond acceptors (Lipinski definition) is 1. The second kappa shape index (κ2) is 3.98. The van der Waals surface area contributed by atoms with Crippen LogP contribution in [0.25, 0.3) is 0 Å². The van der Waals surface area contributed by atoms with Crippen LogP contribution in [0.15, 0.2) is 23.1 Å². The lowest BCUT2D eigenvalue weighted by atomic mass is 9.87. The zero-order valence-corrected chi connectivity index (χ0v) is 9.85. The van der Waals surface area contributed by atoms with Crippen LogP contribution in [-0.2, 0) is 6.42 Å². The fourth-order valence-electron chi connectivity index (χ4n) is 2.51. The van der Waals surface area contributed by atoms with Crippen molar-refractivity contribution < 1.29 is 0 Å². The van der Waals surface area contributed by atoms with Crippen molar-refractivity contribution in [3.8, 4) is 0 Å². The normalized spacial score (nSPS) is 22.1. The van der Waals surface area contributed by atoms with Gasteiger partial charge in [-0.05, 0) is 47.9 Å². The van der Waals surface area contributed by atoms with Crippen molar-refractivity contribution in [1.82, 2.24) is 0 Å². The van der Waals surface area contributed by atoms with Gasteiger partial charge in [0.05, 0.1) is 0 Å². The third-order valence-electron chi connectivity index (χ3n) is 3.58. The first kappa shape index (κ1) is 10.1. The lowest BCUT2D eigenvalue weighted by Gasteiger charge is -2.18. The number of benzene rings is 1. The summed E-state index contributed by atoms with van der Waals surface area (Å²) in [5.74, 6) is 1.62. The first-order valence-corrected chi connectivity index (χ1v) is 5.99. The van der Waals surface area contributed by atoms with E-state index in [1.54, 1.807) is 5.56 Å². The first-order chi connectivity index (χ1) is 6.72. The molecule has 0 amide bonds. The smallest absolute Gasteiger partial charge is 0.00429 e. The summed E-state index contributed by atoms with van der Waals surface area (Å²) in [7, 11) is 0. The van der Waals surface area contributed by atoms with Crippen molar-refractivity contribution in [3.63, 3.8) is 0 Å². The van der Waals surface area contributed by atoms with Gasteiger partial charge in [0, 0.05) is 4.90 Å². The highest BCUT2D eigenvalue weighted by atomic mass is 32.1. The average Bonchev–Trinajstić information content (AvgIpc) is 2.59. The van der Waals surface area contributed by atoms with Crippen molar-refractivity contribution in [3.05, 3.63) is 29.3 Å². The van der Waals surface area contributed by atoms with Crippen molar-refractivity contribution in [2.24, 2.45) is 5.92 Å². The van der Waals surface area contributed by atoms with Crippen LogP contribution in [0.5, 0.6) is 0 Å². The Morgan fingerprint density at radius 2 is 2.29 bits per heavy atom. The quantitative estimate of drug-likeness (QED) is 0.693. The highest BCUT2D eigenvalue weighted by Gasteiger charge is 2.25. The molecule has 14 heavy (non-hydrogen) atoms. The minimum Gasteiger partial charge on any atom is -0.143 e. The maximum absolute atomic E-state index is 4.39. The molecule has 2 rings (SSSR count). The summed E-state index contributed by atoms with van der Waals surface area (Å²) in [4.78, 5) is 1.11. The molecule has 0 saturated heterocycles. The van der Waals surface area contributed by atoms with E-state index in [0.717, 1.165) is 16.7 Å². The summed E-state index contributed by atoms with van der Waals surface area (Å²) in [5, 5.41) is 0. The Labute approximate surface area is 92.1 Å². The molecule has 1 heteroatoms. The summed E-state index contributed by atoms with van der Waals surface area (Å²) in [6, 6.07) is 6.64. The Balaban J connectivity index is 2.31. The molecule has 0 N–H and O–H groups in total. The van der Waals surface area contributed by atoms with E-state index in [0.29, 0.717) is 0 Å². The van der Waals surface area contributed by atoms with Gasteiger partial charge in [-0.15, -0.1) is 12.6 Å². The van der Waals surface area contributed by atoms with Crippen LogP contribution in [0.1, 0.15) is 43.7 Å². The average molecular weight is 206 g/mol. The summed E-state index contributed by atoms with van der Waals surface area (Å²) in [6.45, 7) is 4.66. The van der Waals surface area contributed by atoms with Crippen LogP contribution in [0.3, 0.4) is 0 Å². The van der Waals surface area contributed by atoms with Gasteiger partial charge in [0.25, 0.3) is 0 Å². The molecule has 1 aromatic rings. The summed E-state index contributed by atoms with van der Waals surface area (Å²) < 4.78 is 0. The standard InChI is InChI=1S/C13H18S/c1-3-9(2)12-6-4-10-8-11(14)5-7-13(10)12/h5,7-9,12,14H,3-4,6H2,1-2H3. The van der Waals surface area contributed by atoms with Crippen LogP contribution in [0.2, 0.25) is 0 Å². The van der Waals surface area contributed by atoms with Crippen molar-refractivity contribution in [2.45, 2.75) is 43.9 Å². The van der Waals surface area contributed by atoms with E-state index in [1.165, 1.54) is 24.8 Å². The lowest BCUT2D eigenvalue weighted by Crippen LogP contribution is -2.05. The van der Waals surface area contributed by atoms with Crippen molar-refractivity contribution in [2.75, 3.05) is 0 Å². The van der Waals surface area contributed by atoms with E-state index in [4.69, 9.17) is 0 Å². The number of thiol groups is 1. The van der Waals surface area contributed by atoms with Crippen LogP contribution in [0.4, 0.5) is 0 Å². The molecule has 2 unspecified atom stereocenters. The lowest BCUT2D eigenvalue weighted by molar-refractivity contribution is 0.443. The van der Waals surface area contributed by atoms with Gasteiger partial charge in [0.1, 0.15) is 0 Å². The largest absolute Gasteiger partial charge is 0.143 e. The fraction of sp³-hybridized carbons (Fsp3) is 0.538. The van der Waals surface area contributed by atoms with Crippen LogP contribution in [-0.4, -0.2) is 0 Å². The van der Waals surface area contributed by atoms with Crippen LogP contribution >= 0.6 is 12.6 Å². The molecule has 0 aromatic heterocycles. The SMILES string of the molecule is CCC(C)C1CCc2cc(S)ccc21. The van der Waals surface area contributed by atoms with E-state index in [2.05, 4.69) is 44.7 Å². The Hall–Kier alpha value is -0.430. The minimum absolute atomic E-state index is 0.795. The first-order valence-electron chi connectivity index (χ1n) is 5.54. The van der Waals surface area contributed by atoms with Gasteiger partial charge in [-0.3, -0.25) is 0 Å². The number of fused-ring (bicyclic) bond motifs is 1. The second-order valence-corrected chi connectivity index (χ2v) is 4.93.